The summed E-state index contributed by atoms with van der Waals surface area (Å²) in [5.41, 5.74) is 0.154. The lowest BCUT2D eigenvalue weighted by Gasteiger charge is -2.38. The third-order valence-electron chi connectivity index (χ3n) is 6.28. The van der Waals surface area contributed by atoms with E-state index in [1.54, 1.807) is 0 Å². The molecule has 3 aliphatic heterocycles. The van der Waals surface area contributed by atoms with Crippen LogP contribution in [0.4, 0.5) is 11.8 Å². The summed E-state index contributed by atoms with van der Waals surface area (Å²) in [6.07, 6.45) is 6.37. The molecule has 3 aliphatic rings. The third-order valence-corrected chi connectivity index (χ3v) is 6.28. The van der Waals surface area contributed by atoms with Gasteiger partial charge in [-0.1, -0.05) is 13.8 Å². The van der Waals surface area contributed by atoms with Crippen molar-refractivity contribution in [2.75, 3.05) is 56.3 Å². The number of rotatable bonds is 4. The number of hydrogen-bond acceptors (Lipinski definition) is 7. The van der Waals surface area contributed by atoms with Crippen molar-refractivity contribution < 1.29 is 14.2 Å². The zero-order valence-corrected chi connectivity index (χ0v) is 17.2. The molecule has 156 valence electrons. The summed E-state index contributed by atoms with van der Waals surface area (Å²) < 4.78 is 17.5. The van der Waals surface area contributed by atoms with Gasteiger partial charge in [0.2, 0.25) is 5.95 Å². The van der Waals surface area contributed by atoms with E-state index in [9.17, 15) is 0 Å². The van der Waals surface area contributed by atoms with Crippen LogP contribution in [-0.2, 0) is 14.2 Å². The Morgan fingerprint density at radius 3 is 2.86 bits per heavy atom. The SMILES string of the molecule is CC(C)[C@@H]1OCCC[C@H]1Nc1ccnc(N2CCOCC3(CCOCC3)C2)n1. The number of hydrogen-bond donors (Lipinski definition) is 1. The third kappa shape index (κ3) is 4.58. The van der Waals surface area contributed by atoms with Crippen LogP contribution in [0.5, 0.6) is 0 Å². The molecule has 0 saturated carbocycles. The molecule has 4 heterocycles. The predicted octanol–water partition coefficient (Wildman–Crippen LogP) is 2.73. The first kappa shape index (κ1) is 19.9. The molecule has 1 spiro atoms. The van der Waals surface area contributed by atoms with Crippen molar-refractivity contribution >= 4 is 11.8 Å². The van der Waals surface area contributed by atoms with E-state index in [1.807, 2.05) is 12.3 Å². The first-order valence-electron chi connectivity index (χ1n) is 10.8. The Morgan fingerprint density at radius 1 is 1.18 bits per heavy atom. The van der Waals surface area contributed by atoms with E-state index in [0.717, 1.165) is 83.6 Å². The number of anilines is 2. The van der Waals surface area contributed by atoms with Gasteiger partial charge in [0.05, 0.1) is 25.4 Å². The number of aromatic nitrogens is 2. The normalized spacial score (nSPS) is 28.3. The second-order valence-electron chi connectivity index (χ2n) is 8.80. The zero-order chi connectivity index (χ0) is 19.4. The van der Waals surface area contributed by atoms with Gasteiger partial charge in [-0.3, -0.25) is 0 Å². The molecule has 0 bridgehead atoms. The van der Waals surface area contributed by atoms with Gasteiger partial charge in [0.1, 0.15) is 5.82 Å². The minimum absolute atomic E-state index is 0.154. The van der Waals surface area contributed by atoms with Crippen LogP contribution in [0.15, 0.2) is 12.3 Å². The van der Waals surface area contributed by atoms with Gasteiger partial charge in [-0.15, -0.1) is 0 Å². The van der Waals surface area contributed by atoms with E-state index >= 15 is 0 Å². The molecule has 1 N–H and O–H groups in total. The highest BCUT2D eigenvalue weighted by molar-refractivity contribution is 5.42. The second kappa shape index (κ2) is 8.93. The lowest BCUT2D eigenvalue weighted by Crippen LogP contribution is -2.44. The highest BCUT2D eigenvalue weighted by Gasteiger charge is 2.37. The molecule has 4 rings (SSSR count). The maximum Gasteiger partial charge on any atom is 0.227 e. The maximum atomic E-state index is 6.02. The molecule has 0 radical (unpaired) electrons. The van der Waals surface area contributed by atoms with E-state index in [-0.39, 0.29) is 11.5 Å². The quantitative estimate of drug-likeness (QED) is 0.848. The molecule has 1 aromatic rings. The Hall–Kier alpha value is -1.44. The van der Waals surface area contributed by atoms with Gasteiger partial charge < -0.3 is 24.4 Å². The molecule has 3 fully saturated rings. The molecule has 0 aliphatic carbocycles. The molecule has 0 aromatic carbocycles. The Kier molecular flexibility index (Phi) is 6.33. The van der Waals surface area contributed by atoms with Crippen molar-refractivity contribution in [2.45, 2.75) is 51.7 Å². The van der Waals surface area contributed by atoms with Crippen molar-refractivity contribution in [1.29, 1.82) is 0 Å². The molecule has 0 unspecified atom stereocenters. The number of nitrogens with one attached hydrogen (secondary N) is 1. The molecule has 28 heavy (non-hydrogen) atoms. The van der Waals surface area contributed by atoms with Crippen LogP contribution in [0.25, 0.3) is 0 Å². The van der Waals surface area contributed by atoms with Gasteiger partial charge in [0, 0.05) is 44.5 Å². The Balaban J connectivity index is 1.48. The van der Waals surface area contributed by atoms with Gasteiger partial charge in [-0.05, 0) is 37.7 Å². The average Bonchev–Trinajstić information content (AvgIpc) is 2.92. The van der Waals surface area contributed by atoms with Crippen molar-refractivity contribution in [3.8, 4) is 0 Å². The van der Waals surface area contributed by atoms with Crippen LogP contribution in [0, 0.1) is 11.3 Å². The fraction of sp³-hybridized carbons (Fsp3) is 0.810. The van der Waals surface area contributed by atoms with Crippen LogP contribution in [0.1, 0.15) is 39.5 Å². The van der Waals surface area contributed by atoms with Crippen LogP contribution in [0.3, 0.4) is 0 Å². The molecule has 7 nitrogen and oxygen atoms in total. The van der Waals surface area contributed by atoms with Gasteiger partial charge >= 0.3 is 0 Å². The largest absolute Gasteiger partial charge is 0.381 e. The molecule has 3 saturated heterocycles. The van der Waals surface area contributed by atoms with Gasteiger partial charge in [-0.2, -0.15) is 4.98 Å². The molecule has 0 amide bonds. The smallest absolute Gasteiger partial charge is 0.227 e. The van der Waals surface area contributed by atoms with Crippen LogP contribution in [-0.4, -0.2) is 68.2 Å². The summed E-state index contributed by atoms with van der Waals surface area (Å²) in [6.45, 7) is 10.2. The van der Waals surface area contributed by atoms with Gasteiger partial charge in [-0.25, -0.2) is 4.98 Å². The van der Waals surface area contributed by atoms with Gasteiger partial charge in [0.25, 0.3) is 0 Å². The van der Waals surface area contributed by atoms with Crippen molar-refractivity contribution in [3.05, 3.63) is 12.3 Å². The molecule has 2 atom stereocenters. The van der Waals surface area contributed by atoms with Crippen molar-refractivity contribution in [2.24, 2.45) is 11.3 Å². The summed E-state index contributed by atoms with van der Waals surface area (Å²) in [4.78, 5) is 11.7. The van der Waals surface area contributed by atoms with E-state index < -0.39 is 0 Å². The van der Waals surface area contributed by atoms with E-state index in [1.165, 1.54) is 0 Å². The van der Waals surface area contributed by atoms with E-state index in [0.29, 0.717) is 12.0 Å². The first-order valence-corrected chi connectivity index (χ1v) is 10.8. The average molecular weight is 391 g/mol. The summed E-state index contributed by atoms with van der Waals surface area (Å²) in [7, 11) is 0. The van der Waals surface area contributed by atoms with Crippen LogP contribution in [0.2, 0.25) is 0 Å². The van der Waals surface area contributed by atoms with E-state index in [2.05, 4.69) is 29.0 Å². The van der Waals surface area contributed by atoms with Gasteiger partial charge in [0.15, 0.2) is 0 Å². The summed E-state index contributed by atoms with van der Waals surface area (Å²) in [5, 5.41) is 3.62. The second-order valence-corrected chi connectivity index (χ2v) is 8.80. The topological polar surface area (TPSA) is 68.7 Å². The van der Waals surface area contributed by atoms with Crippen molar-refractivity contribution in [1.82, 2.24) is 9.97 Å². The molecule has 7 heteroatoms. The molecule has 1 aromatic heterocycles. The standard InChI is InChI=1S/C21H34N4O3/c1-16(2)19-17(4-3-10-28-19)23-18-5-8-22-20(24-18)25-9-13-27-15-21(14-25)6-11-26-12-7-21/h5,8,16-17,19H,3-4,6-7,9-15H2,1-2H3,(H,22,23,24)/t17-,19+/m1/s1. The number of nitrogens with zero attached hydrogens (tertiary/aromatic N) is 3. The van der Waals surface area contributed by atoms with E-state index in [4.69, 9.17) is 19.2 Å². The summed E-state index contributed by atoms with van der Waals surface area (Å²) >= 11 is 0. The minimum Gasteiger partial charge on any atom is -0.381 e. The minimum atomic E-state index is 0.154. The lowest BCUT2D eigenvalue weighted by atomic mass is 9.80. The zero-order valence-electron chi connectivity index (χ0n) is 17.2. The maximum absolute atomic E-state index is 6.02. The highest BCUT2D eigenvalue weighted by atomic mass is 16.5. The fourth-order valence-electron chi connectivity index (χ4n) is 4.66. The molecular weight excluding hydrogens is 356 g/mol. The Labute approximate surface area is 168 Å². The first-order chi connectivity index (χ1) is 13.7. The van der Waals surface area contributed by atoms with Crippen molar-refractivity contribution in [3.63, 3.8) is 0 Å². The Bertz CT molecular complexity index is 636. The predicted molar refractivity (Wildman–Crippen MR) is 109 cm³/mol. The highest BCUT2D eigenvalue weighted by Crippen LogP contribution is 2.34. The fourth-order valence-corrected chi connectivity index (χ4v) is 4.66. The Morgan fingerprint density at radius 2 is 2.04 bits per heavy atom. The van der Waals surface area contributed by atoms with Crippen LogP contribution < -0.4 is 10.2 Å². The summed E-state index contributed by atoms with van der Waals surface area (Å²) in [6, 6.07) is 2.26. The summed E-state index contributed by atoms with van der Waals surface area (Å²) in [5.74, 6) is 2.16. The van der Waals surface area contributed by atoms with Crippen LogP contribution >= 0.6 is 0 Å². The number of ether oxygens (including phenoxy) is 3. The lowest BCUT2D eigenvalue weighted by molar-refractivity contribution is -0.0241. The molecular formula is C21H34N4O3. The monoisotopic (exact) mass is 390 g/mol.